The first-order valence-corrected chi connectivity index (χ1v) is 8.27. The topological polar surface area (TPSA) is 69.6 Å². The average Bonchev–Trinajstić information content (AvgIpc) is 2.49. The van der Waals surface area contributed by atoms with Crippen molar-refractivity contribution in [3.8, 4) is 0 Å². The Morgan fingerprint density at radius 3 is 2.10 bits per heavy atom. The van der Waals surface area contributed by atoms with Gasteiger partial charge in [0.15, 0.2) is 0 Å². The van der Waals surface area contributed by atoms with Crippen molar-refractivity contribution in [3.63, 3.8) is 0 Å². The molecule has 0 aromatic carbocycles. The minimum atomic E-state index is -0.759. The maximum Gasteiger partial charge on any atom is 0.317 e. The predicted molar refractivity (Wildman–Crippen MR) is 83.2 cm³/mol. The Labute approximate surface area is 128 Å². The lowest BCUT2D eigenvalue weighted by atomic mass is 9.89. The Balaban J connectivity index is 0.000000219. The highest BCUT2D eigenvalue weighted by atomic mass is 16.4. The number of likely N-dealkylation sites (tertiary alicyclic amines) is 1. The van der Waals surface area contributed by atoms with Crippen LogP contribution >= 0.6 is 0 Å². The maximum atomic E-state index is 10.7. The molecule has 21 heavy (non-hydrogen) atoms. The molecule has 2 rings (SSSR count). The molecule has 2 aliphatic rings. The molecular weight excluding hydrogens is 268 g/mol. The molecule has 1 aliphatic carbocycles. The molecule has 5 nitrogen and oxygen atoms in total. The lowest BCUT2D eigenvalue weighted by Crippen LogP contribution is -2.33. The molecule has 0 atom stereocenters. The molecule has 0 aromatic heterocycles. The summed E-state index contributed by atoms with van der Waals surface area (Å²) in [6.45, 7) is 4.60. The second-order valence-electron chi connectivity index (χ2n) is 6.10. The van der Waals surface area contributed by atoms with Gasteiger partial charge in [0.2, 0.25) is 5.91 Å². The molecule has 2 N–H and O–H groups in total. The Hall–Kier alpha value is -1.10. The average molecular weight is 298 g/mol. The van der Waals surface area contributed by atoms with E-state index in [-0.39, 0.29) is 12.5 Å². The predicted octanol–water partition coefficient (Wildman–Crippen LogP) is 2.26. The minimum absolute atomic E-state index is 0.108. The summed E-state index contributed by atoms with van der Waals surface area (Å²) in [7, 11) is 0. The van der Waals surface area contributed by atoms with Crippen LogP contribution in [0, 0.1) is 5.92 Å². The SMILES string of the molecule is CC(=O)N1CCCCC1.O=C(O)CNCC1CCCCC1. The van der Waals surface area contributed by atoms with E-state index in [0.717, 1.165) is 25.6 Å². The Morgan fingerprint density at radius 1 is 1.05 bits per heavy atom. The molecule has 1 heterocycles. The van der Waals surface area contributed by atoms with E-state index >= 15 is 0 Å². The van der Waals surface area contributed by atoms with Gasteiger partial charge in [-0.2, -0.15) is 0 Å². The van der Waals surface area contributed by atoms with E-state index in [1.165, 1.54) is 51.4 Å². The van der Waals surface area contributed by atoms with Gasteiger partial charge in [-0.1, -0.05) is 19.3 Å². The van der Waals surface area contributed by atoms with Gasteiger partial charge in [-0.3, -0.25) is 9.59 Å². The van der Waals surface area contributed by atoms with Gasteiger partial charge in [0, 0.05) is 20.0 Å². The van der Waals surface area contributed by atoms with Crippen molar-refractivity contribution >= 4 is 11.9 Å². The number of piperidine rings is 1. The van der Waals surface area contributed by atoms with Crippen LogP contribution in [0.25, 0.3) is 0 Å². The molecule has 122 valence electrons. The van der Waals surface area contributed by atoms with Gasteiger partial charge in [0.05, 0.1) is 6.54 Å². The first-order valence-electron chi connectivity index (χ1n) is 8.27. The van der Waals surface area contributed by atoms with Gasteiger partial charge in [0.25, 0.3) is 0 Å². The van der Waals surface area contributed by atoms with E-state index in [2.05, 4.69) is 5.32 Å². The van der Waals surface area contributed by atoms with Crippen molar-refractivity contribution < 1.29 is 14.7 Å². The largest absolute Gasteiger partial charge is 0.480 e. The number of nitrogens with zero attached hydrogens (tertiary/aromatic N) is 1. The normalized spacial score (nSPS) is 19.6. The number of hydrogen-bond donors (Lipinski definition) is 2. The molecular formula is C16H30N2O3. The summed E-state index contributed by atoms with van der Waals surface area (Å²) < 4.78 is 0. The molecule has 5 heteroatoms. The van der Waals surface area contributed by atoms with Gasteiger partial charge < -0.3 is 15.3 Å². The van der Waals surface area contributed by atoms with Crippen LogP contribution in [-0.2, 0) is 9.59 Å². The molecule has 1 saturated heterocycles. The monoisotopic (exact) mass is 298 g/mol. The number of rotatable bonds is 4. The lowest BCUT2D eigenvalue weighted by Gasteiger charge is -2.24. The summed E-state index contributed by atoms with van der Waals surface area (Å²) in [5.41, 5.74) is 0. The number of amides is 1. The van der Waals surface area contributed by atoms with Crippen LogP contribution in [0.15, 0.2) is 0 Å². The van der Waals surface area contributed by atoms with Gasteiger partial charge in [0.1, 0.15) is 0 Å². The fourth-order valence-corrected chi connectivity index (χ4v) is 2.98. The van der Waals surface area contributed by atoms with E-state index in [9.17, 15) is 9.59 Å². The number of hydrogen-bond acceptors (Lipinski definition) is 3. The van der Waals surface area contributed by atoms with Gasteiger partial charge in [-0.05, 0) is 44.6 Å². The Bertz CT molecular complexity index is 309. The third kappa shape index (κ3) is 8.71. The number of carboxylic acids is 1. The highest BCUT2D eigenvalue weighted by Crippen LogP contribution is 2.22. The summed E-state index contributed by atoms with van der Waals surface area (Å²) in [5, 5.41) is 11.3. The second-order valence-corrected chi connectivity index (χ2v) is 6.10. The van der Waals surface area contributed by atoms with Gasteiger partial charge in [-0.15, -0.1) is 0 Å². The van der Waals surface area contributed by atoms with Crippen LogP contribution < -0.4 is 5.32 Å². The summed E-state index contributed by atoms with van der Waals surface area (Å²) in [6, 6.07) is 0. The van der Waals surface area contributed by atoms with Crippen molar-refractivity contribution in [3.05, 3.63) is 0 Å². The summed E-state index contributed by atoms with van der Waals surface area (Å²) >= 11 is 0. The maximum absolute atomic E-state index is 10.7. The number of carbonyl (C=O) groups is 2. The molecule has 0 spiro atoms. The number of carbonyl (C=O) groups excluding carboxylic acids is 1. The van der Waals surface area contributed by atoms with Crippen molar-refractivity contribution in [1.29, 1.82) is 0 Å². The molecule has 1 amide bonds. The van der Waals surface area contributed by atoms with Gasteiger partial charge in [-0.25, -0.2) is 0 Å². The summed E-state index contributed by atoms with van der Waals surface area (Å²) in [6.07, 6.45) is 10.2. The van der Waals surface area contributed by atoms with Crippen LogP contribution in [0.3, 0.4) is 0 Å². The summed E-state index contributed by atoms with van der Waals surface area (Å²) in [4.78, 5) is 22.8. The Morgan fingerprint density at radius 2 is 1.62 bits per heavy atom. The van der Waals surface area contributed by atoms with Crippen molar-refractivity contribution in [2.45, 2.75) is 58.3 Å². The zero-order valence-corrected chi connectivity index (χ0v) is 13.3. The molecule has 0 bridgehead atoms. The third-order valence-corrected chi connectivity index (χ3v) is 4.24. The summed E-state index contributed by atoms with van der Waals surface area (Å²) in [5.74, 6) is 0.193. The zero-order chi connectivity index (χ0) is 15.5. The fraction of sp³-hybridized carbons (Fsp3) is 0.875. The van der Waals surface area contributed by atoms with Crippen LogP contribution in [0.2, 0.25) is 0 Å². The van der Waals surface area contributed by atoms with Crippen molar-refractivity contribution in [1.82, 2.24) is 10.2 Å². The van der Waals surface area contributed by atoms with Crippen LogP contribution in [-0.4, -0.2) is 48.1 Å². The quantitative estimate of drug-likeness (QED) is 0.835. The molecule has 0 radical (unpaired) electrons. The highest BCUT2D eigenvalue weighted by Gasteiger charge is 2.13. The zero-order valence-electron chi connectivity index (χ0n) is 13.3. The highest BCUT2D eigenvalue weighted by molar-refractivity contribution is 5.73. The van der Waals surface area contributed by atoms with Crippen LogP contribution in [0.1, 0.15) is 58.3 Å². The van der Waals surface area contributed by atoms with Crippen molar-refractivity contribution in [2.75, 3.05) is 26.2 Å². The standard InChI is InChI=1S/C9H17NO2.C7H13NO/c11-9(12)7-10-6-8-4-2-1-3-5-8;1-7(9)8-5-3-2-4-6-8/h8,10H,1-7H2,(H,11,12);2-6H2,1H3. The number of nitrogens with one attached hydrogen (secondary N) is 1. The lowest BCUT2D eigenvalue weighted by molar-refractivity contribution is -0.136. The number of aliphatic carboxylic acids is 1. The smallest absolute Gasteiger partial charge is 0.317 e. The second kappa shape index (κ2) is 10.6. The fourth-order valence-electron chi connectivity index (χ4n) is 2.98. The first-order chi connectivity index (χ1) is 10.1. The van der Waals surface area contributed by atoms with E-state index in [0.29, 0.717) is 0 Å². The van der Waals surface area contributed by atoms with E-state index in [1.54, 1.807) is 6.92 Å². The van der Waals surface area contributed by atoms with Crippen molar-refractivity contribution in [2.24, 2.45) is 5.92 Å². The van der Waals surface area contributed by atoms with E-state index in [1.807, 2.05) is 4.90 Å². The molecule has 0 unspecified atom stereocenters. The van der Waals surface area contributed by atoms with E-state index < -0.39 is 5.97 Å². The molecule has 0 aromatic rings. The molecule has 2 fully saturated rings. The minimum Gasteiger partial charge on any atom is -0.480 e. The van der Waals surface area contributed by atoms with Gasteiger partial charge >= 0.3 is 5.97 Å². The van der Waals surface area contributed by atoms with E-state index in [4.69, 9.17) is 5.11 Å². The van der Waals surface area contributed by atoms with Crippen LogP contribution in [0.5, 0.6) is 0 Å². The molecule has 1 saturated carbocycles. The Kier molecular flexibility index (Phi) is 9.06. The van der Waals surface area contributed by atoms with Crippen LogP contribution in [0.4, 0.5) is 0 Å². The number of carboxylic acid groups (broad SMARTS) is 1. The third-order valence-electron chi connectivity index (χ3n) is 4.24. The first kappa shape index (κ1) is 18.0. The molecule has 1 aliphatic heterocycles.